The van der Waals surface area contributed by atoms with E-state index in [1.165, 1.54) is 28.6 Å². The Morgan fingerprint density at radius 3 is 2.39 bits per heavy atom. The van der Waals surface area contributed by atoms with Crippen LogP contribution in [-0.2, 0) is 14.8 Å². The number of halogens is 1. The van der Waals surface area contributed by atoms with Crippen LogP contribution in [0.1, 0.15) is 41.8 Å². The summed E-state index contributed by atoms with van der Waals surface area (Å²) in [5, 5.41) is 11.2. The van der Waals surface area contributed by atoms with E-state index in [9.17, 15) is 22.7 Å². The van der Waals surface area contributed by atoms with Gasteiger partial charge < -0.3 is 19.0 Å². The highest BCUT2D eigenvalue weighted by atomic mass is 32.2. The Morgan fingerprint density at radius 2 is 1.76 bits per heavy atom. The molecule has 0 saturated carbocycles. The van der Waals surface area contributed by atoms with E-state index in [1.54, 1.807) is 43.3 Å². The summed E-state index contributed by atoms with van der Waals surface area (Å²) in [4.78, 5) is 13.1. The second kappa shape index (κ2) is 10.1. The van der Waals surface area contributed by atoms with Crippen molar-refractivity contribution in [1.29, 1.82) is 0 Å². The van der Waals surface area contributed by atoms with Crippen molar-refractivity contribution >= 4 is 32.6 Å². The van der Waals surface area contributed by atoms with Crippen LogP contribution in [-0.4, -0.2) is 38.9 Å². The van der Waals surface area contributed by atoms with E-state index in [1.807, 2.05) is 0 Å². The van der Waals surface area contributed by atoms with Crippen LogP contribution in [0.2, 0.25) is 0 Å². The number of hydrogen-bond acceptors (Lipinski definition) is 7. The number of aliphatic hydroxyl groups excluding tert-OH is 1. The Hall–Kier alpha value is -3.89. The van der Waals surface area contributed by atoms with Crippen LogP contribution in [0.25, 0.3) is 22.3 Å². The fourth-order valence-corrected chi connectivity index (χ4v) is 5.58. The first-order chi connectivity index (χ1) is 18.2. The molecule has 1 aliphatic heterocycles. The number of carbonyl (C=O) groups excluding carboxylic acids is 1. The molecule has 0 aliphatic carbocycles. The van der Waals surface area contributed by atoms with E-state index >= 15 is 0 Å². The predicted molar refractivity (Wildman–Crippen MR) is 140 cm³/mol. The number of anilines is 1. The van der Waals surface area contributed by atoms with Crippen molar-refractivity contribution in [3.63, 3.8) is 0 Å². The summed E-state index contributed by atoms with van der Waals surface area (Å²) in [7, 11) is -3.61. The second-order valence-corrected chi connectivity index (χ2v) is 10.9. The number of esters is 1. The van der Waals surface area contributed by atoms with Crippen LogP contribution in [0.5, 0.6) is 11.5 Å². The SMILES string of the molecule is CCOC(=O)c1c(-c2ccc(Oc3ccc(F)cc3)cc2)oc2cc3c(cc12)C(O)CCCN3S(C)(=O)=O. The van der Waals surface area contributed by atoms with Gasteiger partial charge in [-0.15, -0.1) is 0 Å². The van der Waals surface area contributed by atoms with E-state index in [2.05, 4.69) is 0 Å². The maximum Gasteiger partial charge on any atom is 0.342 e. The lowest BCUT2D eigenvalue weighted by atomic mass is 9.99. The Kier molecular flexibility index (Phi) is 6.85. The molecule has 8 nitrogen and oxygen atoms in total. The maximum atomic E-state index is 13.2. The van der Waals surface area contributed by atoms with Crippen molar-refractivity contribution in [2.75, 3.05) is 23.7 Å². The number of hydrogen-bond donors (Lipinski definition) is 1. The average Bonchev–Trinajstić information content (AvgIpc) is 3.16. The number of nitrogens with zero attached hydrogens (tertiary/aromatic N) is 1. The summed E-state index contributed by atoms with van der Waals surface area (Å²) >= 11 is 0. The topological polar surface area (TPSA) is 106 Å². The average molecular weight is 540 g/mol. The molecule has 0 saturated heterocycles. The molecule has 4 aromatic rings. The third kappa shape index (κ3) is 4.97. The van der Waals surface area contributed by atoms with Gasteiger partial charge >= 0.3 is 5.97 Å². The molecule has 1 aromatic heterocycles. The zero-order valence-corrected chi connectivity index (χ0v) is 21.6. The van der Waals surface area contributed by atoms with E-state index in [0.717, 1.165) is 6.26 Å². The number of ether oxygens (including phenoxy) is 2. The molecular formula is C28H26FNO7S. The first-order valence-electron chi connectivity index (χ1n) is 12.1. The van der Waals surface area contributed by atoms with Crippen LogP contribution in [0.4, 0.5) is 10.1 Å². The number of furan rings is 1. The molecule has 1 atom stereocenters. The fourth-order valence-electron chi connectivity index (χ4n) is 4.60. The van der Waals surface area contributed by atoms with Gasteiger partial charge in [0.1, 0.15) is 34.2 Å². The minimum absolute atomic E-state index is 0.144. The van der Waals surface area contributed by atoms with Gasteiger partial charge in [0.2, 0.25) is 10.0 Å². The van der Waals surface area contributed by atoms with Crippen molar-refractivity contribution in [2.45, 2.75) is 25.9 Å². The van der Waals surface area contributed by atoms with E-state index in [0.29, 0.717) is 46.5 Å². The predicted octanol–water partition coefficient (Wildman–Crippen LogP) is 5.80. The first-order valence-corrected chi connectivity index (χ1v) is 14.0. The number of fused-ring (bicyclic) bond motifs is 2. The third-order valence-electron chi connectivity index (χ3n) is 6.35. The smallest absolute Gasteiger partial charge is 0.342 e. The molecule has 0 bridgehead atoms. The van der Waals surface area contributed by atoms with E-state index in [4.69, 9.17) is 13.9 Å². The molecule has 3 aromatic carbocycles. The Balaban J connectivity index is 1.62. The Labute approximate surface area is 219 Å². The van der Waals surface area contributed by atoms with Crippen molar-refractivity contribution in [1.82, 2.24) is 0 Å². The van der Waals surface area contributed by atoms with Gasteiger partial charge in [-0.3, -0.25) is 4.31 Å². The fraction of sp³-hybridized carbons (Fsp3) is 0.250. The molecule has 2 heterocycles. The molecular weight excluding hydrogens is 513 g/mol. The minimum atomic E-state index is -3.61. The molecule has 1 aliphatic rings. The largest absolute Gasteiger partial charge is 0.462 e. The second-order valence-electron chi connectivity index (χ2n) is 9.01. The maximum absolute atomic E-state index is 13.2. The molecule has 10 heteroatoms. The molecule has 198 valence electrons. The van der Waals surface area contributed by atoms with Crippen molar-refractivity contribution < 1.29 is 36.6 Å². The van der Waals surface area contributed by atoms with Crippen LogP contribution >= 0.6 is 0 Å². The van der Waals surface area contributed by atoms with Gasteiger partial charge in [0, 0.05) is 29.1 Å². The molecule has 0 radical (unpaired) electrons. The standard InChI is InChI=1S/C28H26FNO7S/c1-3-35-28(32)26-22-15-21-23(30(38(2,33)34)14-4-5-24(21)31)16-25(22)37-27(26)17-6-10-19(11-7-17)36-20-12-8-18(29)9-13-20/h6-13,15-16,24,31H,3-5,14H2,1-2H3. The van der Waals surface area contributed by atoms with Crippen molar-refractivity contribution in [3.8, 4) is 22.8 Å². The quantitative estimate of drug-likeness (QED) is 0.309. The molecule has 0 fully saturated rings. The van der Waals surface area contributed by atoms with Crippen molar-refractivity contribution in [2.24, 2.45) is 0 Å². The highest BCUT2D eigenvalue weighted by molar-refractivity contribution is 7.92. The third-order valence-corrected chi connectivity index (χ3v) is 7.53. The number of sulfonamides is 1. The van der Waals surface area contributed by atoms with Gasteiger partial charge in [-0.1, -0.05) is 0 Å². The zero-order chi connectivity index (χ0) is 27.0. The lowest BCUT2D eigenvalue weighted by Gasteiger charge is -2.22. The van der Waals surface area contributed by atoms with Crippen LogP contribution < -0.4 is 9.04 Å². The lowest BCUT2D eigenvalue weighted by molar-refractivity contribution is 0.0528. The minimum Gasteiger partial charge on any atom is -0.462 e. The summed E-state index contributed by atoms with van der Waals surface area (Å²) < 4.78 is 56.7. The van der Waals surface area contributed by atoms with E-state index < -0.39 is 22.1 Å². The van der Waals surface area contributed by atoms with Crippen LogP contribution in [0.15, 0.2) is 65.1 Å². The van der Waals surface area contributed by atoms with Crippen molar-refractivity contribution in [3.05, 3.63) is 77.6 Å². The zero-order valence-electron chi connectivity index (χ0n) is 20.8. The van der Waals surface area contributed by atoms with Gasteiger partial charge in [0.05, 0.1) is 24.7 Å². The van der Waals surface area contributed by atoms with Crippen LogP contribution in [0, 0.1) is 5.82 Å². The highest BCUT2D eigenvalue weighted by Crippen LogP contribution is 2.42. The van der Waals surface area contributed by atoms with Gasteiger partial charge in [-0.2, -0.15) is 0 Å². The van der Waals surface area contributed by atoms with Gasteiger partial charge in [-0.05, 0) is 74.4 Å². The van der Waals surface area contributed by atoms with Gasteiger partial charge in [0.25, 0.3) is 0 Å². The lowest BCUT2D eigenvalue weighted by Crippen LogP contribution is -2.30. The van der Waals surface area contributed by atoms with E-state index in [-0.39, 0.29) is 35.9 Å². The van der Waals surface area contributed by atoms with Gasteiger partial charge in [-0.25, -0.2) is 17.6 Å². The summed E-state index contributed by atoms with van der Waals surface area (Å²) in [6.07, 6.45) is 1.07. The van der Waals surface area contributed by atoms with Gasteiger partial charge in [0.15, 0.2) is 0 Å². The summed E-state index contributed by atoms with van der Waals surface area (Å²) in [6.45, 7) is 2.06. The normalized spacial score (nSPS) is 15.7. The summed E-state index contributed by atoms with van der Waals surface area (Å²) in [5.74, 6) is 0.232. The molecule has 0 amide bonds. The molecule has 1 N–H and O–H groups in total. The number of aliphatic hydroxyl groups is 1. The Morgan fingerprint density at radius 1 is 1.11 bits per heavy atom. The molecule has 0 spiro atoms. The van der Waals surface area contributed by atoms with Crippen LogP contribution in [0.3, 0.4) is 0 Å². The monoisotopic (exact) mass is 539 g/mol. The molecule has 38 heavy (non-hydrogen) atoms. The number of benzene rings is 3. The number of carbonyl (C=O) groups is 1. The highest BCUT2D eigenvalue weighted by Gasteiger charge is 2.31. The molecule has 5 rings (SSSR count). The number of rotatable bonds is 6. The Bertz CT molecular complexity index is 1600. The summed E-state index contributed by atoms with van der Waals surface area (Å²) in [6, 6.07) is 15.6. The summed E-state index contributed by atoms with van der Waals surface area (Å²) in [5.41, 5.74) is 1.76. The first kappa shape index (κ1) is 25.7. The molecule has 1 unspecified atom stereocenters.